The van der Waals surface area contributed by atoms with Crippen LogP contribution in [0.3, 0.4) is 0 Å². The number of carbonyl (C=O) groups is 1. The van der Waals surface area contributed by atoms with Gasteiger partial charge in [0, 0.05) is 24.7 Å². The Morgan fingerprint density at radius 1 is 1.17 bits per heavy atom. The van der Waals surface area contributed by atoms with Crippen molar-refractivity contribution in [2.24, 2.45) is 11.8 Å². The number of methoxy groups -OCH3 is 1. The van der Waals surface area contributed by atoms with Gasteiger partial charge in [0.15, 0.2) is 0 Å². The second-order valence-corrected chi connectivity index (χ2v) is 8.53. The molecule has 1 aliphatic heterocycles. The van der Waals surface area contributed by atoms with Gasteiger partial charge in [-0.05, 0) is 60.2 Å². The van der Waals surface area contributed by atoms with Crippen LogP contribution >= 0.6 is 11.6 Å². The molecule has 1 saturated heterocycles. The Hall–Kier alpha value is -2.30. The SMILES string of the molecule is COC(=O)C1CN(CC=C(C)c2ccc(OC[C@@H](C)Cc3ccc(Cl)cc3)cc2)C1. The number of rotatable bonds is 9. The summed E-state index contributed by atoms with van der Waals surface area (Å²) in [5, 5.41) is 0.766. The molecule has 2 aromatic rings. The van der Waals surface area contributed by atoms with Gasteiger partial charge in [0.25, 0.3) is 0 Å². The van der Waals surface area contributed by atoms with Crippen molar-refractivity contribution in [3.63, 3.8) is 0 Å². The Labute approximate surface area is 184 Å². The summed E-state index contributed by atoms with van der Waals surface area (Å²) in [6.07, 6.45) is 3.17. The van der Waals surface area contributed by atoms with Crippen molar-refractivity contribution in [2.75, 3.05) is 33.4 Å². The summed E-state index contributed by atoms with van der Waals surface area (Å²) in [7, 11) is 1.45. The minimum absolute atomic E-state index is 0.0298. The number of likely N-dealkylation sites (tertiary alicyclic amines) is 1. The molecule has 0 N–H and O–H groups in total. The van der Waals surface area contributed by atoms with Gasteiger partial charge in [-0.1, -0.05) is 48.9 Å². The largest absolute Gasteiger partial charge is 0.493 e. The number of carbonyl (C=O) groups excluding carboxylic acids is 1. The molecule has 4 nitrogen and oxygen atoms in total. The second kappa shape index (κ2) is 10.6. The fourth-order valence-electron chi connectivity index (χ4n) is 3.55. The van der Waals surface area contributed by atoms with Gasteiger partial charge in [0.1, 0.15) is 5.75 Å². The summed E-state index contributed by atoms with van der Waals surface area (Å²) < 4.78 is 10.7. The molecule has 0 bridgehead atoms. The second-order valence-electron chi connectivity index (χ2n) is 8.10. The maximum Gasteiger partial charge on any atom is 0.311 e. The quantitative estimate of drug-likeness (QED) is 0.521. The summed E-state index contributed by atoms with van der Waals surface area (Å²) >= 11 is 5.94. The smallest absolute Gasteiger partial charge is 0.311 e. The van der Waals surface area contributed by atoms with E-state index in [1.807, 2.05) is 24.3 Å². The van der Waals surface area contributed by atoms with Gasteiger partial charge in [-0.2, -0.15) is 0 Å². The highest BCUT2D eigenvalue weighted by atomic mass is 35.5. The highest BCUT2D eigenvalue weighted by molar-refractivity contribution is 6.30. The number of hydrogen-bond donors (Lipinski definition) is 0. The molecule has 1 aliphatic rings. The highest BCUT2D eigenvalue weighted by Gasteiger charge is 2.32. The average Bonchev–Trinajstić information content (AvgIpc) is 2.72. The number of ether oxygens (including phenoxy) is 2. The van der Waals surface area contributed by atoms with Gasteiger partial charge in [0.2, 0.25) is 0 Å². The lowest BCUT2D eigenvalue weighted by molar-refractivity contribution is -0.151. The van der Waals surface area contributed by atoms with Crippen molar-refractivity contribution in [1.29, 1.82) is 0 Å². The van der Waals surface area contributed by atoms with E-state index in [9.17, 15) is 4.79 Å². The van der Waals surface area contributed by atoms with Crippen LogP contribution in [-0.4, -0.2) is 44.2 Å². The van der Waals surface area contributed by atoms with E-state index in [-0.39, 0.29) is 11.9 Å². The molecular formula is C25H30ClNO3. The molecule has 5 heteroatoms. The zero-order valence-electron chi connectivity index (χ0n) is 17.9. The first-order valence-electron chi connectivity index (χ1n) is 10.4. The zero-order chi connectivity index (χ0) is 21.5. The summed E-state index contributed by atoms with van der Waals surface area (Å²) in [5.74, 6) is 1.23. The van der Waals surface area contributed by atoms with Gasteiger partial charge < -0.3 is 9.47 Å². The number of halogens is 1. The number of hydrogen-bond acceptors (Lipinski definition) is 4. The maximum atomic E-state index is 11.4. The molecule has 0 amide bonds. The third-order valence-corrected chi connectivity index (χ3v) is 5.74. The fraction of sp³-hybridized carbons (Fsp3) is 0.400. The van der Waals surface area contributed by atoms with E-state index in [2.05, 4.69) is 49.1 Å². The normalized spacial score (nSPS) is 16.1. The van der Waals surface area contributed by atoms with E-state index in [0.29, 0.717) is 12.5 Å². The minimum Gasteiger partial charge on any atom is -0.493 e. The van der Waals surface area contributed by atoms with Crippen LogP contribution in [0.4, 0.5) is 0 Å². The van der Waals surface area contributed by atoms with Crippen LogP contribution < -0.4 is 4.74 Å². The summed E-state index contributed by atoms with van der Waals surface area (Å²) in [5.41, 5.74) is 3.67. The van der Waals surface area contributed by atoms with Gasteiger partial charge in [-0.25, -0.2) is 0 Å². The molecule has 3 rings (SSSR count). The number of allylic oxidation sites excluding steroid dienone is 1. The zero-order valence-corrected chi connectivity index (χ0v) is 18.7. The van der Waals surface area contributed by atoms with Gasteiger partial charge in [-0.15, -0.1) is 0 Å². The van der Waals surface area contributed by atoms with Gasteiger partial charge >= 0.3 is 5.97 Å². The molecule has 0 spiro atoms. The highest BCUT2D eigenvalue weighted by Crippen LogP contribution is 2.21. The molecule has 0 aliphatic carbocycles. The standard InChI is InChI=1S/C25H30ClNO3/c1-18(14-20-4-8-23(26)9-5-20)17-30-24-10-6-21(7-11-24)19(2)12-13-27-15-22(16-27)25(28)29-3/h4-12,18,22H,13-17H2,1-3H3/t18-/m0/s1. The third-order valence-electron chi connectivity index (χ3n) is 5.49. The van der Waals surface area contributed by atoms with Crippen molar-refractivity contribution in [1.82, 2.24) is 4.90 Å². The average molecular weight is 428 g/mol. The molecule has 0 radical (unpaired) electrons. The summed E-state index contributed by atoms with van der Waals surface area (Å²) in [6, 6.07) is 16.2. The van der Waals surface area contributed by atoms with Crippen LogP contribution in [0.25, 0.3) is 5.57 Å². The lowest BCUT2D eigenvalue weighted by Crippen LogP contribution is -2.50. The Morgan fingerprint density at radius 3 is 2.47 bits per heavy atom. The lowest BCUT2D eigenvalue weighted by Gasteiger charge is -2.36. The number of esters is 1. The molecule has 0 saturated carbocycles. The van der Waals surface area contributed by atoms with Crippen LogP contribution in [0.15, 0.2) is 54.6 Å². The van der Waals surface area contributed by atoms with E-state index < -0.39 is 0 Å². The molecule has 1 heterocycles. The maximum absolute atomic E-state index is 11.4. The molecule has 160 valence electrons. The van der Waals surface area contributed by atoms with Crippen molar-refractivity contribution in [2.45, 2.75) is 20.3 Å². The lowest BCUT2D eigenvalue weighted by atomic mass is 10.00. The predicted octanol–water partition coefficient (Wildman–Crippen LogP) is 5.11. The molecule has 0 aromatic heterocycles. The Bertz CT molecular complexity index is 855. The molecule has 1 fully saturated rings. The summed E-state index contributed by atoms with van der Waals surface area (Å²) in [6.45, 7) is 7.37. The van der Waals surface area contributed by atoms with E-state index in [1.165, 1.54) is 23.8 Å². The van der Waals surface area contributed by atoms with Crippen LogP contribution in [0.2, 0.25) is 5.02 Å². The first-order valence-corrected chi connectivity index (χ1v) is 10.8. The van der Waals surface area contributed by atoms with E-state index in [0.717, 1.165) is 36.8 Å². The van der Waals surface area contributed by atoms with E-state index in [4.69, 9.17) is 21.1 Å². The van der Waals surface area contributed by atoms with Crippen molar-refractivity contribution < 1.29 is 14.3 Å². The molecule has 2 aromatic carbocycles. The predicted molar refractivity (Wildman–Crippen MR) is 122 cm³/mol. The van der Waals surface area contributed by atoms with Crippen molar-refractivity contribution >= 4 is 23.1 Å². The van der Waals surface area contributed by atoms with Gasteiger partial charge in [0.05, 0.1) is 19.6 Å². The first-order chi connectivity index (χ1) is 14.4. The van der Waals surface area contributed by atoms with E-state index >= 15 is 0 Å². The van der Waals surface area contributed by atoms with Crippen LogP contribution in [-0.2, 0) is 16.0 Å². The van der Waals surface area contributed by atoms with Crippen LogP contribution in [0, 0.1) is 11.8 Å². The molecule has 30 heavy (non-hydrogen) atoms. The van der Waals surface area contributed by atoms with Crippen LogP contribution in [0.5, 0.6) is 5.75 Å². The van der Waals surface area contributed by atoms with E-state index in [1.54, 1.807) is 0 Å². The Kier molecular flexibility index (Phi) is 7.94. The van der Waals surface area contributed by atoms with Gasteiger partial charge in [-0.3, -0.25) is 9.69 Å². The fourth-order valence-corrected chi connectivity index (χ4v) is 3.68. The topological polar surface area (TPSA) is 38.8 Å². The summed E-state index contributed by atoms with van der Waals surface area (Å²) in [4.78, 5) is 13.7. The molecule has 0 unspecified atom stereocenters. The number of benzene rings is 2. The minimum atomic E-state index is -0.106. The van der Waals surface area contributed by atoms with Crippen molar-refractivity contribution in [3.8, 4) is 5.75 Å². The van der Waals surface area contributed by atoms with Crippen molar-refractivity contribution in [3.05, 3.63) is 70.8 Å². The first kappa shape index (κ1) is 22.4. The Morgan fingerprint density at radius 2 is 1.83 bits per heavy atom. The van der Waals surface area contributed by atoms with Crippen LogP contribution in [0.1, 0.15) is 25.0 Å². The Balaban J connectivity index is 1.42. The number of nitrogens with zero attached hydrogens (tertiary/aromatic N) is 1. The third kappa shape index (κ3) is 6.35. The monoisotopic (exact) mass is 427 g/mol. The molecular weight excluding hydrogens is 398 g/mol. The molecule has 1 atom stereocenters.